The summed E-state index contributed by atoms with van der Waals surface area (Å²) in [6.45, 7) is 4.02. The lowest BCUT2D eigenvalue weighted by Gasteiger charge is -2.16. The van der Waals surface area contributed by atoms with Gasteiger partial charge < -0.3 is 21.3 Å². The SMILES string of the molecule is N#CCCCC1C(=O)NCCNCCNCCNC1=O. The van der Waals surface area contributed by atoms with E-state index in [2.05, 4.69) is 21.3 Å². The Bertz CT molecular complexity index is 329. The van der Waals surface area contributed by atoms with Crippen molar-refractivity contribution in [1.29, 1.82) is 5.26 Å². The number of nitriles is 1. The van der Waals surface area contributed by atoms with E-state index in [0.29, 0.717) is 45.4 Å². The molecular weight excluding hydrogens is 258 g/mol. The monoisotopic (exact) mass is 281 g/mol. The molecule has 7 nitrogen and oxygen atoms in total. The maximum Gasteiger partial charge on any atom is 0.232 e. The number of nitrogens with zero attached hydrogens (tertiary/aromatic N) is 1. The van der Waals surface area contributed by atoms with Crippen LogP contribution in [0.15, 0.2) is 0 Å². The number of hydrogen-bond donors (Lipinski definition) is 4. The quantitative estimate of drug-likeness (QED) is 0.381. The molecule has 0 radical (unpaired) electrons. The van der Waals surface area contributed by atoms with Gasteiger partial charge in [-0.25, -0.2) is 0 Å². The molecule has 1 rings (SSSR count). The van der Waals surface area contributed by atoms with Gasteiger partial charge in [-0.2, -0.15) is 5.26 Å². The Balaban J connectivity index is 2.55. The summed E-state index contributed by atoms with van der Waals surface area (Å²) in [4.78, 5) is 24.0. The second-order valence-corrected chi connectivity index (χ2v) is 4.68. The van der Waals surface area contributed by atoms with Gasteiger partial charge in [-0.1, -0.05) is 0 Å². The normalized spacial score (nSPS) is 19.8. The van der Waals surface area contributed by atoms with E-state index in [1.54, 1.807) is 0 Å². The molecule has 0 aromatic heterocycles. The highest BCUT2D eigenvalue weighted by Gasteiger charge is 2.25. The highest BCUT2D eigenvalue weighted by Crippen LogP contribution is 2.09. The van der Waals surface area contributed by atoms with Gasteiger partial charge in [0, 0.05) is 45.7 Å². The van der Waals surface area contributed by atoms with Crippen LogP contribution in [-0.4, -0.2) is 51.1 Å². The maximum absolute atomic E-state index is 12.0. The van der Waals surface area contributed by atoms with Crippen LogP contribution in [0.2, 0.25) is 0 Å². The van der Waals surface area contributed by atoms with Crippen molar-refractivity contribution in [3.8, 4) is 6.07 Å². The van der Waals surface area contributed by atoms with Crippen LogP contribution in [0.4, 0.5) is 0 Å². The van der Waals surface area contributed by atoms with Crippen molar-refractivity contribution in [2.24, 2.45) is 5.92 Å². The molecule has 7 heteroatoms. The van der Waals surface area contributed by atoms with Crippen LogP contribution in [0.3, 0.4) is 0 Å². The van der Waals surface area contributed by atoms with Gasteiger partial charge in [0.05, 0.1) is 6.07 Å². The third kappa shape index (κ3) is 6.50. The number of carbonyl (C=O) groups excluding carboxylic acids is 2. The molecule has 20 heavy (non-hydrogen) atoms. The van der Waals surface area contributed by atoms with E-state index >= 15 is 0 Å². The lowest BCUT2D eigenvalue weighted by atomic mass is 10.00. The Hall–Kier alpha value is -1.65. The fraction of sp³-hybridized carbons (Fsp3) is 0.769. The largest absolute Gasteiger partial charge is 0.354 e. The highest BCUT2D eigenvalue weighted by molar-refractivity contribution is 6.00. The molecule has 2 amide bonds. The molecule has 0 unspecified atom stereocenters. The van der Waals surface area contributed by atoms with Crippen molar-refractivity contribution in [3.63, 3.8) is 0 Å². The summed E-state index contributed by atoms with van der Waals surface area (Å²) in [5.74, 6) is -1.21. The zero-order valence-corrected chi connectivity index (χ0v) is 11.7. The number of amides is 2. The molecule has 0 aromatic carbocycles. The van der Waals surface area contributed by atoms with Crippen molar-refractivity contribution in [3.05, 3.63) is 0 Å². The zero-order chi connectivity index (χ0) is 14.6. The average molecular weight is 281 g/mol. The molecule has 1 aliphatic heterocycles. The number of carbonyl (C=O) groups is 2. The molecule has 0 bridgehead atoms. The molecule has 0 saturated carbocycles. The van der Waals surface area contributed by atoms with Crippen LogP contribution in [0.1, 0.15) is 19.3 Å². The van der Waals surface area contributed by atoms with E-state index in [0.717, 1.165) is 13.1 Å². The van der Waals surface area contributed by atoms with Gasteiger partial charge in [0.1, 0.15) is 5.92 Å². The Morgan fingerprint density at radius 3 is 1.95 bits per heavy atom. The summed E-state index contributed by atoms with van der Waals surface area (Å²) in [6, 6.07) is 2.03. The molecule has 0 aromatic rings. The lowest BCUT2D eigenvalue weighted by Crippen LogP contribution is -2.43. The third-order valence-electron chi connectivity index (χ3n) is 3.09. The first-order valence-electron chi connectivity index (χ1n) is 7.09. The minimum absolute atomic E-state index is 0.255. The first kappa shape index (κ1) is 16.4. The van der Waals surface area contributed by atoms with Crippen LogP contribution < -0.4 is 21.3 Å². The number of hydrogen-bond acceptors (Lipinski definition) is 5. The Labute approximate surface area is 119 Å². The van der Waals surface area contributed by atoms with Crippen LogP contribution in [0, 0.1) is 17.2 Å². The third-order valence-corrected chi connectivity index (χ3v) is 3.09. The molecule has 1 heterocycles. The predicted octanol–water partition coefficient (Wildman–Crippen LogP) is -1.28. The first-order chi connectivity index (χ1) is 9.75. The van der Waals surface area contributed by atoms with Crippen molar-refractivity contribution in [2.75, 3.05) is 39.3 Å². The molecule has 1 saturated heterocycles. The molecule has 0 atom stereocenters. The van der Waals surface area contributed by atoms with Crippen LogP contribution in [0.25, 0.3) is 0 Å². The summed E-state index contributed by atoms with van der Waals surface area (Å²) < 4.78 is 0. The fourth-order valence-corrected chi connectivity index (χ4v) is 1.99. The van der Waals surface area contributed by atoms with Crippen molar-refractivity contribution >= 4 is 11.8 Å². The van der Waals surface area contributed by atoms with E-state index in [9.17, 15) is 9.59 Å². The minimum Gasteiger partial charge on any atom is -0.354 e. The Kier molecular flexibility index (Phi) is 8.35. The van der Waals surface area contributed by atoms with Gasteiger partial charge in [-0.05, 0) is 12.8 Å². The summed E-state index contributed by atoms with van der Waals surface area (Å²) in [6.07, 6.45) is 1.32. The van der Waals surface area contributed by atoms with Crippen molar-refractivity contribution in [1.82, 2.24) is 21.3 Å². The second-order valence-electron chi connectivity index (χ2n) is 4.68. The van der Waals surface area contributed by atoms with E-state index in [-0.39, 0.29) is 11.8 Å². The maximum atomic E-state index is 12.0. The summed E-state index contributed by atoms with van der Waals surface area (Å²) >= 11 is 0. The molecule has 1 aliphatic rings. The molecule has 4 N–H and O–H groups in total. The highest BCUT2D eigenvalue weighted by atomic mass is 16.2. The molecule has 0 aliphatic carbocycles. The van der Waals surface area contributed by atoms with Crippen LogP contribution in [0.5, 0.6) is 0 Å². The predicted molar refractivity (Wildman–Crippen MR) is 74.7 cm³/mol. The lowest BCUT2D eigenvalue weighted by molar-refractivity contribution is -0.135. The standard InChI is InChI=1S/C13H23N5O2/c14-4-2-1-3-11-12(19)17-9-7-15-5-6-16-8-10-18-13(11)20/h11,15-16H,1-3,5-10H2,(H,17,19)(H,18,20). The van der Waals surface area contributed by atoms with Crippen LogP contribution in [-0.2, 0) is 9.59 Å². The van der Waals surface area contributed by atoms with Gasteiger partial charge in [-0.15, -0.1) is 0 Å². The van der Waals surface area contributed by atoms with E-state index < -0.39 is 5.92 Å². The first-order valence-corrected chi connectivity index (χ1v) is 7.09. The molecule has 1 fully saturated rings. The van der Waals surface area contributed by atoms with Gasteiger partial charge in [-0.3, -0.25) is 9.59 Å². The van der Waals surface area contributed by atoms with E-state index in [4.69, 9.17) is 5.26 Å². The van der Waals surface area contributed by atoms with Gasteiger partial charge in [0.2, 0.25) is 11.8 Å². The Morgan fingerprint density at radius 1 is 0.950 bits per heavy atom. The smallest absolute Gasteiger partial charge is 0.232 e. The van der Waals surface area contributed by atoms with Gasteiger partial charge in [0.15, 0.2) is 0 Å². The number of unbranched alkanes of at least 4 members (excludes halogenated alkanes) is 1. The molecular formula is C13H23N5O2. The van der Waals surface area contributed by atoms with Gasteiger partial charge >= 0.3 is 0 Å². The van der Waals surface area contributed by atoms with Crippen LogP contribution >= 0.6 is 0 Å². The van der Waals surface area contributed by atoms with E-state index in [1.165, 1.54) is 0 Å². The number of nitrogens with one attached hydrogen (secondary N) is 4. The second kappa shape index (κ2) is 10.2. The molecule has 112 valence electrons. The fourth-order valence-electron chi connectivity index (χ4n) is 1.99. The summed E-state index contributed by atoms with van der Waals surface area (Å²) in [5.41, 5.74) is 0. The minimum atomic E-state index is -0.705. The average Bonchev–Trinajstić information content (AvgIpc) is 2.45. The van der Waals surface area contributed by atoms with Crippen molar-refractivity contribution in [2.45, 2.75) is 19.3 Å². The van der Waals surface area contributed by atoms with Crippen molar-refractivity contribution < 1.29 is 9.59 Å². The van der Waals surface area contributed by atoms with E-state index in [1.807, 2.05) is 6.07 Å². The van der Waals surface area contributed by atoms with Gasteiger partial charge in [0.25, 0.3) is 0 Å². The summed E-state index contributed by atoms with van der Waals surface area (Å²) in [7, 11) is 0. The Morgan fingerprint density at radius 2 is 1.45 bits per heavy atom. The topological polar surface area (TPSA) is 106 Å². The molecule has 0 spiro atoms. The zero-order valence-electron chi connectivity index (χ0n) is 11.7. The summed E-state index contributed by atoms with van der Waals surface area (Å²) in [5, 5.41) is 20.5. The number of rotatable bonds is 3.